The first-order valence-corrected chi connectivity index (χ1v) is 10.9. The minimum absolute atomic E-state index is 0.0399. The molecular weight excluding hydrogens is 455 g/mol. The summed E-state index contributed by atoms with van der Waals surface area (Å²) in [5.41, 5.74) is 1.93. The molecule has 1 aliphatic heterocycles. The Morgan fingerprint density at radius 2 is 1.77 bits per heavy atom. The second kappa shape index (κ2) is 10.5. The molecule has 0 saturated carbocycles. The maximum absolute atomic E-state index is 13.7. The van der Waals surface area contributed by atoms with Crippen molar-refractivity contribution >= 4 is 11.7 Å². The van der Waals surface area contributed by atoms with Gasteiger partial charge in [0.1, 0.15) is 29.1 Å². The zero-order chi connectivity index (χ0) is 24.9. The Morgan fingerprint density at radius 3 is 2.43 bits per heavy atom. The molecule has 1 fully saturated rings. The molecule has 0 radical (unpaired) electrons. The number of aryl methyl sites for hydroxylation is 1. The molecule has 182 valence electrons. The number of ketones is 1. The topological polar surface area (TPSA) is 96.0 Å². The fourth-order valence-electron chi connectivity index (χ4n) is 3.49. The van der Waals surface area contributed by atoms with Crippen LogP contribution in [0.2, 0.25) is 0 Å². The number of ether oxygens (including phenoxy) is 4. The van der Waals surface area contributed by atoms with Crippen LogP contribution in [0.4, 0.5) is 4.39 Å². The number of hydrogen-bond donors (Lipinski definition) is 1. The summed E-state index contributed by atoms with van der Waals surface area (Å²) in [7, 11) is 2.98. The number of hydrogen-bond acceptors (Lipinski definition) is 7. The summed E-state index contributed by atoms with van der Waals surface area (Å²) in [5.74, 6) is 0.192. The highest BCUT2D eigenvalue weighted by atomic mass is 19.1. The molecule has 1 aliphatic rings. The minimum atomic E-state index is -0.446. The van der Waals surface area contributed by atoms with Crippen molar-refractivity contribution in [2.45, 2.75) is 13.0 Å². The third kappa shape index (κ3) is 5.41. The molecule has 2 heterocycles. The van der Waals surface area contributed by atoms with Crippen LogP contribution in [0.25, 0.3) is 11.3 Å². The number of amides is 1. The molecule has 0 spiro atoms. The second-order valence-electron chi connectivity index (χ2n) is 7.96. The predicted molar refractivity (Wildman–Crippen MR) is 126 cm³/mol. The van der Waals surface area contributed by atoms with Gasteiger partial charge in [-0.05, 0) is 61.0 Å². The van der Waals surface area contributed by atoms with Gasteiger partial charge in [-0.3, -0.25) is 9.59 Å². The van der Waals surface area contributed by atoms with E-state index in [0.717, 1.165) is 0 Å². The van der Waals surface area contributed by atoms with E-state index in [0.29, 0.717) is 52.8 Å². The molecule has 1 amide bonds. The van der Waals surface area contributed by atoms with Gasteiger partial charge in [0.25, 0.3) is 5.91 Å². The van der Waals surface area contributed by atoms with Crippen LogP contribution in [0.3, 0.4) is 0 Å². The second-order valence-corrected chi connectivity index (χ2v) is 7.96. The Hall–Kier alpha value is -3.98. The number of carbonyl (C=O) groups is 2. The Balaban J connectivity index is 1.46. The zero-order valence-corrected chi connectivity index (χ0v) is 19.6. The number of nitrogens with zero attached hydrogens (tertiary/aromatic N) is 1. The fourth-order valence-corrected chi connectivity index (χ4v) is 3.49. The summed E-state index contributed by atoms with van der Waals surface area (Å²) < 4.78 is 35.3. The van der Waals surface area contributed by atoms with Crippen molar-refractivity contribution in [2.75, 3.05) is 34.0 Å². The normalized spacial score (nSPS) is 13.0. The Kier molecular flexibility index (Phi) is 7.26. The maximum Gasteiger partial charge on any atom is 0.251 e. The zero-order valence-electron chi connectivity index (χ0n) is 19.6. The third-order valence-electron chi connectivity index (χ3n) is 5.53. The molecule has 2 aromatic carbocycles. The van der Waals surface area contributed by atoms with E-state index in [4.69, 9.17) is 18.9 Å². The Bertz CT molecular complexity index is 1260. The van der Waals surface area contributed by atoms with E-state index in [2.05, 4.69) is 10.3 Å². The van der Waals surface area contributed by atoms with Gasteiger partial charge in [-0.2, -0.15) is 0 Å². The van der Waals surface area contributed by atoms with E-state index in [1.807, 2.05) is 0 Å². The van der Waals surface area contributed by atoms with Gasteiger partial charge in [0.2, 0.25) is 0 Å². The lowest BCUT2D eigenvalue weighted by molar-refractivity contribution is -0.0803. The highest BCUT2D eigenvalue weighted by Crippen LogP contribution is 2.31. The lowest BCUT2D eigenvalue weighted by Gasteiger charge is -2.27. The summed E-state index contributed by atoms with van der Waals surface area (Å²) in [4.78, 5) is 29.9. The molecule has 3 aromatic rings. The van der Waals surface area contributed by atoms with E-state index in [-0.39, 0.29) is 24.2 Å². The molecule has 9 heteroatoms. The summed E-state index contributed by atoms with van der Waals surface area (Å²) in [6, 6.07) is 12.5. The minimum Gasteiger partial charge on any atom is -0.494 e. The van der Waals surface area contributed by atoms with E-state index in [1.54, 1.807) is 43.3 Å². The number of rotatable bonds is 9. The monoisotopic (exact) mass is 480 g/mol. The van der Waals surface area contributed by atoms with Crippen molar-refractivity contribution in [1.82, 2.24) is 10.3 Å². The smallest absolute Gasteiger partial charge is 0.251 e. The molecule has 4 rings (SSSR count). The number of halogens is 1. The van der Waals surface area contributed by atoms with Crippen molar-refractivity contribution in [3.63, 3.8) is 0 Å². The van der Waals surface area contributed by atoms with Crippen molar-refractivity contribution in [2.24, 2.45) is 0 Å². The summed E-state index contributed by atoms with van der Waals surface area (Å²) in [5, 5.41) is 2.61. The van der Waals surface area contributed by atoms with Crippen LogP contribution in [0.5, 0.6) is 17.2 Å². The van der Waals surface area contributed by atoms with Gasteiger partial charge < -0.3 is 24.3 Å². The fraction of sp³-hybridized carbons (Fsp3) is 0.269. The first kappa shape index (κ1) is 24.2. The number of aromatic nitrogens is 1. The average Bonchev–Trinajstić information content (AvgIpc) is 2.85. The molecule has 0 aliphatic carbocycles. The molecular formula is C26H25FN2O6. The van der Waals surface area contributed by atoms with Crippen LogP contribution >= 0.6 is 0 Å². The summed E-state index contributed by atoms with van der Waals surface area (Å²) in [6.07, 6.45) is -0.0399. The molecule has 1 saturated heterocycles. The SMILES string of the molecule is COc1cc(C(=O)NCC(=O)c2ccc(OC)c(-c3ccc(F)c(C)c3)n2)ccc1OC1COC1. The van der Waals surface area contributed by atoms with Gasteiger partial charge in [0, 0.05) is 11.1 Å². The predicted octanol–water partition coefficient (Wildman–Crippen LogP) is 3.60. The van der Waals surface area contributed by atoms with E-state index in [1.165, 1.54) is 26.4 Å². The van der Waals surface area contributed by atoms with Gasteiger partial charge in [-0.1, -0.05) is 0 Å². The van der Waals surface area contributed by atoms with E-state index < -0.39 is 11.7 Å². The third-order valence-corrected chi connectivity index (χ3v) is 5.53. The van der Waals surface area contributed by atoms with Crippen LogP contribution in [-0.4, -0.2) is 56.8 Å². The lowest BCUT2D eigenvalue weighted by Crippen LogP contribution is -2.38. The highest BCUT2D eigenvalue weighted by Gasteiger charge is 2.22. The number of Topliss-reactive ketones (excluding diaryl/α,β-unsaturated/α-hetero) is 1. The molecule has 8 nitrogen and oxygen atoms in total. The average molecular weight is 480 g/mol. The van der Waals surface area contributed by atoms with Crippen molar-refractivity contribution in [1.29, 1.82) is 0 Å². The van der Waals surface area contributed by atoms with Crippen molar-refractivity contribution < 1.29 is 32.9 Å². The molecule has 0 atom stereocenters. The van der Waals surface area contributed by atoms with Gasteiger partial charge in [0.05, 0.1) is 34.0 Å². The molecule has 1 aromatic heterocycles. The number of benzene rings is 2. The lowest BCUT2D eigenvalue weighted by atomic mass is 10.1. The van der Waals surface area contributed by atoms with Crippen LogP contribution in [-0.2, 0) is 4.74 Å². The number of methoxy groups -OCH3 is 2. The van der Waals surface area contributed by atoms with Gasteiger partial charge in [-0.15, -0.1) is 0 Å². The Labute approximate surface area is 202 Å². The van der Waals surface area contributed by atoms with Gasteiger partial charge in [-0.25, -0.2) is 9.37 Å². The van der Waals surface area contributed by atoms with E-state index >= 15 is 0 Å². The van der Waals surface area contributed by atoms with Crippen LogP contribution < -0.4 is 19.5 Å². The highest BCUT2D eigenvalue weighted by molar-refractivity contribution is 6.01. The van der Waals surface area contributed by atoms with Crippen LogP contribution in [0.15, 0.2) is 48.5 Å². The largest absolute Gasteiger partial charge is 0.494 e. The summed E-state index contributed by atoms with van der Waals surface area (Å²) in [6.45, 7) is 2.40. The Morgan fingerprint density at radius 1 is 1.03 bits per heavy atom. The quantitative estimate of drug-likeness (QED) is 0.468. The van der Waals surface area contributed by atoms with Crippen molar-refractivity contribution in [3.8, 4) is 28.5 Å². The first-order chi connectivity index (χ1) is 16.9. The van der Waals surface area contributed by atoms with Crippen LogP contribution in [0, 0.1) is 12.7 Å². The molecule has 35 heavy (non-hydrogen) atoms. The van der Waals surface area contributed by atoms with Crippen molar-refractivity contribution in [3.05, 3.63) is 71.2 Å². The van der Waals surface area contributed by atoms with E-state index in [9.17, 15) is 14.0 Å². The number of carbonyl (C=O) groups excluding carboxylic acids is 2. The summed E-state index contributed by atoms with van der Waals surface area (Å²) >= 11 is 0. The standard InChI is InChI=1S/C26H25FN2O6/c1-15-10-16(4-6-19(15)27)25-23(32-2)9-7-20(29-25)21(30)12-28-26(31)17-5-8-22(24(11-17)33-3)35-18-13-34-14-18/h4-11,18H,12-14H2,1-3H3,(H,28,31). The molecule has 0 unspecified atom stereocenters. The molecule has 0 bridgehead atoms. The number of nitrogens with one attached hydrogen (secondary N) is 1. The first-order valence-electron chi connectivity index (χ1n) is 10.9. The maximum atomic E-state index is 13.7. The van der Waals surface area contributed by atoms with Gasteiger partial charge in [0.15, 0.2) is 17.3 Å². The van der Waals surface area contributed by atoms with Crippen LogP contribution in [0.1, 0.15) is 26.4 Å². The molecule has 1 N–H and O–H groups in total. The number of pyridine rings is 1. The van der Waals surface area contributed by atoms with Gasteiger partial charge >= 0.3 is 0 Å².